The minimum absolute atomic E-state index is 0.139. The molecule has 0 radical (unpaired) electrons. The number of carbonyl (C=O) groups excluding carboxylic acids is 2. The van der Waals surface area contributed by atoms with Crippen LogP contribution in [-0.4, -0.2) is 11.8 Å². The zero-order valence-electron chi connectivity index (χ0n) is 12.6. The molecule has 0 unspecified atom stereocenters. The molecule has 1 aliphatic carbocycles. The van der Waals surface area contributed by atoms with Crippen LogP contribution in [0.15, 0.2) is 16.7 Å². The maximum Gasteiger partial charge on any atom is 0.273 e. The Morgan fingerprint density at radius 3 is 2.67 bits per heavy atom. The van der Waals surface area contributed by atoms with Gasteiger partial charge in [-0.1, -0.05) is 32.1 Å². The van der Waals surface area contributed by atoms with Crippen LogP contribution in [0.1, 0.15) is 67.5 Å². The first-order chi connectivity index (χ1) is 10.2. The van der Waals surface area contributed by atoms with Crippen molar-refractivity contribution in [1.29, 1.82) is 0 Å². The number of furan rings is 1. The van der Waals surface area contributed by atoms with Crippen LogP contribution in [-0.2, 0) is 4.79 Å². The summed E-state index contributed by atoms with van der Waals surface area (Å²) in [5.41, 5.74) is 5.31. The van der Waals surface area contributed by atoms with Crippen molar-refractivity contribution in [2.75, 3.05) is 0 Å². The van der Waals surface area contributed by atoms with E-state index in [0.717, 1.165) is 18.8 Å². The fraction of sp³-hybridized carbons (Fsp3) is 0.625. The second-order valence-electron chi connectivity index (χ2n) is 5.79. The van der Waals surface area contributed by atoms with Gasteiger partial charge in [0.1, 0.15) is 5.76 Å². The van der Waals surface area contributed by atoms with Crippen molar-refractivity contribution < 1.29 is 14.0 Å². The number of carbonyl (C=O) groups is 2. The second-order valence-corrected chi connectivity index (χ2v) is 5.79. The molecule has 2 N–H and O–H groups in total. The molecule has 0 spiro atoms. The van der Waals surface area contributed by atoms with E-state index in [0.29, 0.717) is 17.7 Å². The summed E-state index contributed by atoms with van der Waals surface area (Å²) in [6.07, 6.45) is 10.5. The molecule has 21 heavy (non-hydrogen) atoms. The van der Waals surface area contributed by atoms with Gasteiger partial charge in [-0.25, -0.2) is 0 Å². The Morgan fingerprint density at radius 2 is 2.00 bits per heavy atom. The van der Waals surface area contributed by atoms with E-state index in [1.54, 1.807) is 13.0 Å². The maximum absolute atomic E-state index is 11.8. The van der Waals surface area contributed by atoms with Gasteiger partial charge in [0.05, 0.1) is 11.8 Å². The normalized spacial score (nSPS) is 15.7. The molecule has 1 aromatic rings. The van der Waals surface area contributed by atoms with Gasteiger partial charge in [-0.15, -0.1) is 0 Å². The molecule has 5 heteroatoms. The van der Waals surface area contributed by atoms with E-state index >= 15 is 0 Å². The number of amides is 2. The van der Waals surface area contributed by atoms with Crippen molar-refractivity contribution in [3.05, 3.63) is 23.7 Å². The summed E-state index contributed by atoms with van der Waals surface area (Å²) in [5, 5.41) is 0. The molecule has 2 amide bonds. The Morgan fingerprint density at radius 1 is 1.24 bits per heavy atom. The number of rotatable bonds is 5. The van der Waals surface area contributed by atoms with Gasteiger partial charge in [0, 0.05) is 6.42 Å². The highest BCUT2D eigenvalue weighted by atomic mass is 16.3. The molecule has 2 rings (SSSR count). The van der Waals surface area contributed by atoms with Crippen LogP contribution >= 0.6 is 0 Å². The minimum Gasteiger partial charge on any atom is -0.469 e. The van der Waals surface area contributed by atoms with Gasteiger partial charge in [-0.3, -0.25) is 20.4 Å². The number of nitrogens with one attached hydrogen (secondary N) is 2. The van der Waals surface area contributed by atoms with Gasteiger partial charge in [0.15, 0.2) is 0 Å². The summed E-state index contributed by atoms with van der Waals surface area (Å²) < 4.78 is 5.05. The number of aryl methyl sites for hydroxylation is 1. The molecule has 1 heterocycles. The van der Waals surface area contributed by atoms with Crippen molar-refractivity contribution in [1.82, 2.24) is 10.9 Å². The van der Waals surface area contributed by atoms with Crippen LogP contribution < -0.4 is 10.9 Å². The van der Waals surface area contributed by atoms with Crippen LogP contribution in [0.3, 0.4) is 0 Å². The molecule has 0 saturated heterocycles. The van der Waals surface area contributed by atoms with Crippen LogP contribution in [0.2, 0.25) is 0 Å². The van der Waals surface area contributed by atoms with Crippen molar-refractivity contribution in [2.45, 2.75) is 58.3 Å². The van der Waals surface area contributed by atoms with Crippen LogP contribution in [0.5, 0.6) is 0 Å². The standard InChI is InChI=1S/C16H24N2O3/c1-12-14(10-11-21-12)16(20)18-17-15(19)9-5-8-13-6-3-2-4-7-13/h10-11,13H,2-9H2,1H3,(H,17,19)(H,18,20). The van der Waals surface area contributed by atoms with Gasteiger partial charge in [-0.2, -0.15) is 0 Å². The molecule has 0 aliphatic heterocycles. The molecule has 0 bridgehead atoms. The van der Waals surface area contributed by atoms with Crippen molar-refractivity contribution in [3.63, 3.8) is 0 Å². The molecular formula is C16H24N2O3. The molecule has 0 aromatic carbocycles. The highest BCUT2D eigenvalue weighted by molar-refractivity contribution is 5.96. The van der Waals surface area contributed by atoms with E-state index in [-0.39, 0.29) is 11.8 Å². The SMILES string of the molecule is Cc1occc1C(=O)NNC(=O)CCCC1CCCCC1. The van der Waals surface area contributed by atoms with Crippen LogP contribution in [0, 0.1) is 12.8 Å². The van der Waals surface area contributed by atoms with E-state index in [9.17, 15) is 9.59 Å². The zero-order chi connectivity index (χ0) is 15.1. The molecule has 5 nitrogen and oxygen atoms in total. The molecule has 1 fully saturated rings. The van der Waals surface area contributed by atoms with Gasteiger partial charge in [-0.05, 0) is 31.7 Å². The Labute approximate surface area is 125 Å². The molecule has 1 aromatic heterocycles. The first kappa shape index (κ1) is 15.6. The van der Waals surface area contributed by atoms with Crippen molar-refractivity contribution >= 4 is 11.8 Å². The summed E-state index contributed by atoms with van der Waals surface area (Å²) in [7, 11) is 0. The van der Waals surface area contributed by atoms with Gasteiger partial charge >= 0.3 is 0 Å². The van der Waals surface area contributed by atoms with Gasteiger partial charge in [0.25, 0.3) is 5.91 Å². The highest BCUT2D eigenvalue weighted by Gasteiger charge is 2.14. The maximum atomic E-state index is 11.8. The molecular weight excluding hydrogens is 268 g/mol. The lowest BCUT2D eigenvalue weighted by Crippen LogP contribution is -2.41. The molecule has 0 atom stereocenters. The fourth-order valence-corrected chi connectivity index (χ4v) is 2.90. The third-order valence-electron chi connectivity index (χ3n) is 4.16. The predicted octanol–water partition coefficient (Wildman–Crippen LogP) is 3.10. The van der Waals surface area contributed by atoms with Crippen molar-refractivity contribution in [2.24, 2.45) is 5.92 Å². The number of hydrogen-bond acceptors (Lipinski definition) is 3. The lowest BCUT2D eigenvalue weighted by Gasteiger charge is -2.21. The Bertz CT molecular complexity index is 476. The third-order valence-corrected chi connectivity index (χ3v) is 4.16. The molecule has 116 valence electrons. The van der Waals surface area contributed by atoms with Gasteiger partial charge in [0.2, 0.25) is 5.91 Å². The lowest BCUT2D eigenvalue weighted by atomic mass is 9.86. The van der Waals surface area contributed by atoms with Crippen LogP contribution in [0.4, 0.5) is 0 Å². The first-order valence-corrected chi connectivity index (χ1v) is 7.80. The minimum atomic E-state index is -0.345. The lowest BCUT2D eigenvalue weighted by molar-refractivity contribution is -0.122. The van der Waals surface area contributed by atoms with E-state index in [1.165, 1.54) is 38.4 Å². The van der Waals surface area contributed by atoms with E-state index in [1.807, 2.05) is 0 Å². The third kappa shape index (κ3) is 4.92. The Kier molecular flexibility index (Phi) is 5.84. The summed E-state index contributed by atoms with van der Waals surface area (Å²) in [6, 6.07) is 1.58. The summed E-state index contributed by atoms with van der Waals surface area (Å²) in [6.45, 7) is 1.71. The predicted molar refractivity (Wildman–Crippen MR) is 79.5 cm³/mol. The smallest absolute Gasteiger partial charge is 0.273 e. The Hall–Kier alpha value is -1.78. The Balaban J connectivity index is 1.61. The van der Waals surface area contributed by atoms with Crippen LogP contribution in [0.25, 0.3) is 0 Å². The van der Waals surface area contributed by atoms with Gasteiger partial charge < -0.3 is 4.42 Å². The average Bonchev–Trinajstić information content (AvgIpc) is 2.92. The van der Waals surface area contributed by atoms with E-state index < -0.39 is 0 Å². The van der Waals surface area contributed by atoms with E-state index in [4.69, 9.17) is 4.42 Å². The quantitative estimate of drug-likeness (QED) is 0.819. The second kappa shape index (κ2) is 7.86. The zero-order valence-corrected chi connectivity index (χ0v) is 12.6. The van der Waals surface area contributed by atoms with Crippen molar-refractivity contribution in [3.8, 4) is 0 Å². The van der Waals surface area contributed by atoms with E-state index in [2.05, 4.69) is 10.9 Å². The summed E-state index contributed by atoms with van der Waals surface area (Å²) in [4.78, 5) is 23.5. The fourth-order valence-electron chi connectivity index (χ4n) is 2.90. The number of hydrogen-bond donors (Lipinski definition) is 2. The summed E-state index contributed by atoms with van der Waals surface area (Å²) >= 11 is 0. The monoisotopic (exact) mass is 292 g/mol. The topological polar surface area (TPSA) is 71.3 Å². The largest absolute Gasteiger partial charge is 0.469 e. The molecule has 1 aliphatic rings. The number of hydrazine groups is 1. The summed E-state index contributed by atoms with van der Waals surface area (Å²) in [5.74, 6) is 0.843. The highest BCUT2D eigenvalue weighted by Crippen LogP contribution is 2.27. The first-order valence-electron chi connectivity index (χ1n) is 7.80. The average molecular weight is 292 g/mol. The molecule has 1 saturated carbocycles.